The molecule has 1 heterocycles. The average molecular weight is 239 g/mol. The van der Waals surface area contributed by atoms with Gasteiger partial charge in [-0.15, -0.1) is 6.58 Å². The molecule has 1 aliphatic rings. The van der Waals surface area contributed by atoms with Gasteiger partial charge in [-0.2, -0.15) is 0 Å². The third kappa shape index (κ3) is 5.84. The molecule has 1 saturated heterocycles. The summed E-state index contributed by atoms with van der Waals surface area (Å²) in [5.41, 5.74) is 0. The summed E-state index contributed by atoms with van der Waals surface area (Å²) in [4.78, 5) is 16.0. The number of amides is 1. The van der Waals surface area contributed by atoms with Crippen molar-refractivity contribution in [2.75, 3.05) is 46.3 Å². The van der Waals surface area contributed by atoms with Crippen LogP contribution in [0.2, 0.25) is 0 Å². The molecule has 0 spiro atoms. The Hall–Kier alpha value is -0.870. The zero-order chi connectivity index (χ0) is 12.5. The van der Waals surface area contributed by atoms with Crippen molar-refractivity contribution in [3.63, 3.8) is 0 Å². The van der Waals surface area contributed by atoms with E-state index in [0.717, 1.165) is 52.0 Å². The van der Waals surface area contributed by atoms with Crippen LogP contribution in [0, 0.1) is 0 Å². The van der Waals surface area contributed by atoms with Crippen molar-refractivity contribution >= 4 is 5.91 Å². The van der Waals surface area contributed by atoms with E-state index in [9.17, 15) is 4.79 Å². The molecule has 4 heteroatoms. The van der Waals surface area contributed by atoms with Gasteiger partial charge in [-0.25, -0.2) is 0 Å². The lowest BCUT2D eigenvalue weighted by molar-refractivity contribution is -0.131. The van der Waals surface area contributed by atoms with Crippen molar-refractivity contribution in [2.45, 2.75) is 19.3 Å². The summed E-state index contributed by atoms with van der Waals surface area (Å²) >= 11 is 0. The molecule has 98 valence electrons. The number of nitrogens with zero attached hydrogens (tertiary/aromatic N) is 2. The Morgan fingerprint density at radius 2 is 2.29 bits per heavy atom. The van der Waals surface area contributed by atoms with Crippen LogP contribution in [0.3, 0.4) is 0 Å². The minimum absolute atomic E-state index is 0.232. The zero-order valence-electron chi connectivity index (χ0n) is 11.0. The van der Waals surface area contributed by atoms with E-state index in [-0.39, 0.29) is 5.91 Å². The van der Waals surface area contributed by atoms with Crippen LogP contribution in [0.25, 0.3) is 0 Å². The number of nitrogens with one attached hydrogen (secondary N) is 1. The molecule has 0 radical (unpaired) electrons. The lowest BCUT2D eigenvalue weighted by Crippen LogP contribution is -2.40. The third-order valence-electron chi connectivity index (χ3n) is 3.12. The number of carbonyl (C=O) groups excluding carboxylic acids is 1. The molecular weight excluding hydrogens is 214 g/mol. The lowest BCUT2D eigenvalue weighted by Gasteiger charge is -2.23. The first-order valence-corrected chi connectivity index (χ1v) is 6.52. The molecule has 0 bridgehead atoms. The van der Waals surface area contributed by atoms with Crippen molar-refractivity contribution in [2.24, 2.45) is 0 Å². The third-order valence-corrected chi connectivity index (χ3v) is 3.12. The minimum atomic E-state index is 0.232. The highest BCUT2D eigenvalue weighted by Gasteiger charge is 2.15. The van der Waals surface area contributed by atoms with Crippen LogP contribution >= 0.6 is 0 Å². The normalized spacial score (nSPS) is 17.5. The van der Waals surface area contributed by atoms with Crippen molar-refractivity contribution < 1.29 is 4.79 Å². The van der Waals surface area contributed by atoms with Crippen LogP contribution in [0.1, 0.15) is 19.3 Å². The maximum atomic E-state index is 12.0. The molecule has 0 atom stereocenters. The lowest BCUT2D eigenvalue weighted by atomic mass is 10.3. The quantitative estimate of drug-likeness (QED) is 0.547. The van der Waals surface area contributed by atoms with E-state index in [1.807, 2.05) is 18.0 Å². The highest BCUT2D eigenvalue weighted by Crippen LogP contribution is 1.99. The molecule has 17 heavy (non-hydrogen) atoms. The summed E-state index contributed by atoms with van der Waals surface area (Å²) in [6.45, 7) is 9.15. The van der Waals surface area contributed by atoms with Gasteiger partial charge < -0.3 is 10.2 Å². The van der Waals surface area contributed by atoms with E-state index in [2.05, 4.69) is 16.8 Å². The van der Waals surface area contributed by atoms with Gasteiger partial charge in [0.2, 0.25) is 5.91 Å². The van der Waals surface area contributed by atoms with E-state index < -0.39 is 0 Å². The van der Waals surface area contributed by atoms with Crippen LogP contribution in [0.5, 0.6) is 0 Å². The first kappa shape index (κ1) is 14.2. The van der Waals surface area contributed by atoms with Crippen molar-refractivity contribution in [1.29, 1.82) is 0 Å². The largest absolute Gasteiger partial charge is 0.345 e. The number of allylic oxidation sites excluding steroid dienone is 1. The van der Waals surface area contributed by atoms with Crippen LogP contribution < -0.4 is 5.32 Å². The summed E-state index contributed by atoms with van der Waals surface area (Å²) in [5, 5.41) is 3.34. The molecule has 1 amide bonds. The summed E-state index contributed by atoms with van der Waals surface area (Å²) < 4.78 is 0. The van der Waals surface area contributed by atoms with Crippen LogP contribution in [-0.2, 0) is 4.79 Å². The Labute approximate surface area is 105 Å². The number of hydrogen-bond donors (Lipinski definition) is 1. The topological polar surface area (TPSA) is 35.6 Å². The number of unbranched alkanes of at least 4 members (excludes halogenated alkanes) is 1. The van der Waals surface area contributed by atoms with Gasteiger partial charge in [0.1, 0.15) is 0 Å². The summed E-state index contributed by atoms with van der Waals surface area (Å²) in [5.74, 6) is 0.232. The van der Waals surface area contributed by atoms with Gasteiger partial charge in [0, 0.05) is 26.7 Å². The number of hydrogen-bond acceptors (Lipinski definition) is 3. The smallest absolute Gasteiger partial charge is 0.236 e. The Morgan fingerprint density at radius 3 is 3.06 bits per heavy atom. The van der Waals surface area contributed by atoms with E-state index in [1.54, 1.807) is 0 Å². The van der Waals surface area contributed by atoms with E-state index in [0.29, 0.717) is 6.54 Å². The first-order valence-electron chi connectivity index (χ1n) is 6.52. The Kier molecular flexibility index (Phi) is 6.89. The zero-order valence-corrected chi connectivity index (χ0v) is 11.0. The predicted octanol–water partition coefficient (Wildman–Crippen LogP) is 0.706. The maximum absolute atomic E-state index is 12.0. The summed E-state index contributed by atoms with van der Waals surface area (Å²) in [6, 6.07) is 0. The number of carbonyl (C=O) groups is 1. The first-order chi connectivity index (χ1) is 8.24. The van der Waals surface area contributed by atoms with Gasteiger partial charge in [-0.05, 0) is 32.4 Å². The van der Waals surface area contributed by atoms with Gasteiger partial charge >= 0.3 is 0 Å². The molecule has 1 aliphatic heterocycles. The van der Waals surface area contributed by atoms with Gasteiger partial charge in [0.25, 0.3) is 0 Å². The molecule has 0 aliphatic carbocycles. The monoisotopic (exact) mass is 239 g/mol. The second kappa shape index (κ2) is 8.25. The molecule has 0 aromatic rings. The van der Waals surface area contributed by atoms with Gasteiger partial charge in [0.15, 0.2) is 0 Å². The van der Waals surface area contributed by atoms with E-state index in [4.69, 9.17) is 0 Å². The Morgan fingerprint density at radius 1 is 1.47 bits per heavy atom. The summed E-state index contributed by atoms with van der Waals surface area (Å²) in [7, 11) is 1.89. The van der Waals surface area contributed by atoms with Crippen LogP contribution in [-0.4, -0.2) is 62.0 Å². The van der Waals surface area contributed by atoms with Gasteiger partial charge in [-0.1, -0.05) is 6.08 Å². The second-order valence-corrected chi connectivity index (χ2v) is 4.63. The molecule has 0 saturated carbocycles. The standard InChI is InChI=1S/C13H25N3O/c1-3-4-5-9-15(2)13(17)12-16-10-6-7-14-8-11-16/h3,14H,1,4-12H2,2H3. The van der Waals surface area contributed by atoms with Gasteiger partial charge in [0.05, 0.1) is 6.54 Å². The predicted molar refractivity (Wildman–Crippen MR) is 71.0 cm³/mol. The van der Waals surface area contributed by atoms with E-state index >= 15 is 0 Å². The Bertz CT molecular complexity index is 235. The maximum Gasteiger partial charge on any atom is 0.236 e. The fraction of sp³-hybridized carbons (Fsp3) is 0.769. The fourth-order valence-corrected chi connectivity index (χ4v) is 1.97. The number of rotatable bonds is 6. The second-order valence-electron chi connectivity index (χ2n) is 4.63. The Balaban J connectivity index is 2.23. The summed E-state index contributed by atoms with van der Waals surface area (Å²) in [6.07, 6.45) is 5.02. The van der Waals surface area contributed by atoms with Gasteiger partial charge in [-0.3, -0.25) is 9.69 Å². The average Bonchev–Trinajstić information content (AvgIpc) is 2.57. The fourth-order valence-electron chi connectivity index (χ4n) is 1.97. The van der Waals surface area contributed by atoms with Crippen LogP contribution in [0.4, 0.5) is 0 Å². The minimum Gasteiger partial charge on any atom is -0.345 e. The molecule has 0 unspecified atom stereocenters. The van der Waals surface area contributed by atoms with E-state index in [1.165, 1.54) is 0 Å². The van der Waals surface area contributed by atoms with Crippen molar-refractivity contribution in [3.8, 4) is 0 Å². The molecule has 0 aromatic heterocycles. The molecule has 1 fully saturated rings. The van der Waals surface area contributed by atoms with Crippen molar-refractivity contribution in [3.05, 3.63) is 12.7 Å². The molecule has 0 aromatic carbocycles. The van der Waals surface area contributed by atoms with Crippen LogP contribution in [0.15, 0.2) is 12.7 Å². The molecule has 4 nitrogen and oxygen atoms in total. The molecule has 1 N–H and O–H groups in total. The number of likely N-dealkylation sites (N-methyl/N-ethyl adjacent to an activating group) is 1. The SMILES string of the molecule is C=CCCCN(C)C(=O)CN1CCCNCC1. The highest BCUT2D eigenvalue weighted by atomic mass is 16.2. The highest BCUT2D eigenvalue weighted by molar-refractivity contribution is 5.77. The molecular formula is C13H25N3O. The van der Waals surface area contributed by atoms with Crippen molar-refractivity contribution in [1.82, 2.24) is 15.1 Å². The molecule has 1 rings (SSSR count).